The lowest BCUT2D eigenvalue weighted by Gasteiger charge is -2.24. The lowest BCUT2D eigenvalue weighted by atomic mass is 10.0. The second-order valence-electron chi connectivity index (χ2n) is 5.00. The molecule has 108 valence electrons. The number of sulfone groups is 1. The highest BCUT2D eigenvalue weighted by molar-refractivity contribution is 7.90. The number of anilines is 1. The number of hydrogen-bond donors (Lipinski definition) is 1. The quantitative estimate of drug-likeness (QED) is 0.894. The molecule has 0 unspecified atom stereocenters. The number of hydrogen-bond acceptors (Lipinski definition) is 4. The predicted molar refractivity (Wildman–Crippen MR) is 76.7 cm³/mol. The fraction of sp³-hybridized carbons (Fsp3) is 0.538. The molecule has 0 fully saturated rings. The minimum atomic E-state index is -3.03. The van der Waals surface area contributed by atoms with Gasteiger partial charge in [0, 0.05) is 31.6 Å². The van der Waals surface area contributed by atoms with E-state index >= 15 is 0 Å². The van der Waals surface area contributed by atoms with E-state index in [1.807, 2.05) is 0 Å². The third kappa shape index (κ3) is 4.47. The second-order valence-corrected chi connectivity index (χ2v) is 7.26. The van der Waals surface area contributed by atoms with Crippen molar-refractivity contribution in [3.63, 3.8) is 0 Å². The van der Waals surface area contributed by atoms with E-state index in [1.54, 1.807) is 31.9 Å². The van der Waals surface area contributed by atoms with E-state index in [0.29, 0.717) is 17.7 Å². The molecular formula is C13H21FN2O2S. The summed E-state index contributed by atoms with van der Waals surface area (Å²) in [6, 6.07) is 2.81. The molecule has 0 aliphatic rings. The van der Waals surface area contributed by atoms with Crippen molar-refractivity contribution >= 4 is 15.5 Å². The zero-order valence-corrected chi connectivity index (χ0v) is 12.6. The highest BCUT2D eigenvalue weighted by Gasteiger charge is 2.15. The molecule has 0 aliphatic heterocycles. The van der Waals surface area contributed by atoms with Gasteiger partial charge in [0.05, 0.1) is 5.75 Å². The van der Waals surface area contributed by atoms with Crippen molar-refractivity contribution in [2.24, 2.45) is 5.73 Å². The van der Waals surface area contributed by atoms with Gasteiger partial charge in [0.2, 0.25) is 0 Å². The van der Waals surface area contributed by atoms with Crippen molar-refractivity contribution in [1.82, 2.24) is 0 Å². The van der Waals surface area contributed by atoms with Crippen LogP contribution in [0.2, 0.25) is 0 Å². The first-order valence-electron chi connectivity index (χ1n) is 6.06. The van der Waals surface area contributed by atoms with Gasteiger partial charge in [-0.05, 0) is 37.1 Å². The first-order valence-corrected chi connectivity index (χ1v) is 8.12. The smallest absolute Gasteiger partial charge is 0.149 e. The number of benzene rings is 1. The van der Waals surface area contributed by atoms with Gasteiger partial charge >= 0.3 is 0 Å². The molecule has 0 amide bonds. The molecule has 1 aromatic carbocycles. The zero-order chi connectivity index (χ0) is 14.8. The molecule has 0 heterocycles. The summed E-state index contributed by atoms with van der Waals surface area (Å²) in [5.74, 6) is -0.245. The Morgan fingerprint density at radius 2 is 2.00 bits per heavy atom. The summed E-state index contributed by atoms with van der Waals surface area (Å²) >= 11 is 0. The second kappa shape index (κ2) is 5.88. The summed E-state index contributed by atoms with van der Waals surface area (Å²) in [6.07, 6.45) is 1.20. The maximum Gasteiger partial charge on any atom is 0.149 e. The van der Waals surface area contributed by atoms with Gasteiger partial charge in [0.1, 0.15) is 15.7 Å². The van der Waals surface area contributed by atoms with Crippen LogP contribution in [0.15, 0.2) is 12.1 Å². The van der Waals surface area contributed by atoms with Gasteiger partial charge in [0.25, 0.3) is 0 Å². The molecule has 0 aromatic heterocycles. The minimum Gasteiger partial charge on any atom is -0.373 e. The van der Waals surface area contributed by atoms with E-state index in [9.17, 15) is 12.8 Å². The fourth-order valence-electron chi connectivity index (χ4n) is 1.80. The number of halogens is 1. The van der Waals surface area contributed by atoms with E-state index in [1.165, 1.54) is 12.3 Å². The number of nitrogens with two attached hydrogens (primary N) is 1. The van der Waals surface area contributed by atoms with Gasteiger partial charge in [0.15, 0.2) is 0 Å². The maximum absolute atomic E-state index is 13.6. The van der Waals surface area contributed by atoms with E-state index in [4.69, 9.17) is 5.73 Å². The molecule has 1 atom stereocenters. The Labute approximate surface area is 114 Å². The SMILES string of the molecule is Cc1cc(N(C)CCS(C)(=O)=O)c([C@@H](C)N)cc1F. The van der Waals surface area contributed by atoms with Crippen molar-refractivity contribution in [2.75, 3.05) is 30.5 Å². The number of nitrogens with zero attached hydrogens (tertiary/aromatic N) is 1. The Hall–Kier alpha value is -1.14. The van der Waals surface area contributed by atoms with Crippen LogP contribution in [-0.2, 0) is 9.84 Å². The lowest BCUT2D eigenvalue weighted by Crippen LogP contribution is -2.27. The van der Waals surface area contributed by atoms with Crippen molar-refractivity contribution < 1.29 is 12.8 Å². The van der Waals surface area contributed by atoms with Crippen LogP contribution in [0.1, 0.15) is 24.1 Å². The van der Waals surface area contributed by atoms with E-state index in [0.717, 1.165) is 5.69 Å². The lowest BCUT2D eigenvalue weighted by molar-refractivity contribution is 0.600. The summed E-state index contributed by atoms with van der Waals surface area (Å²) in [4.78, 5) is 1.80. The molecule has 4 nitrogen and oxygen atoms in total. The molecule has 0 saturated carbocycles. The van der Waals surface area contributed by atoms with Crippen LogP contribution in [0.4, 0.5) is 10.1 Å². The minimum absolute atomic E-state index is 0.0539. The average Bonchev–Trinajstić information content (AvgIpc) is 2.27. The molecule has 0 spiro atoms. The highest BCUT2D eigenvalue weighted by Crippen LogP contribution is 2.27. The molecule has 1 rings (SSSR count). The van der Waals surface area contributed by atoms with Crippen molar-refractivity contribution in [3.8, 4) is 0 Å². The average molecular weight is 288 g/mol. The van der Waals surface area contributed by atoms with Crippen molar-refractivity contribution in [3.05, 3.63) is 29.1 Å². The number of aryl methyl sites for hydroxylation is 1. The summed E-state index contributed by atoms with van der Waals surface area (Å²) in [6.45, 7) is 3.80. The Bertz CT molecular complexity index is 556. The predicted octanol–water partition coefficient (Wildman–Crippen LogP) is 1.63. The molecule has 0 radical (unpaired) electrons. The molecule has 0 saturated heterocycles. The first-order chi connectivity index (χ1) is 8.61. The molecule has 0 aliphatic carbocycles. The molecule has 0 bridgehead atoms. The van der Waals surface area contributed by atoms with Gasteiger partial charge < -0.3 is 10.6 Å². The van der Waals surface area contributed by atoms with Crippen LogP contribution in [-0.4, -0.2) is 34.0 Å². The first kappa shape index (κ1) is 15.9. The fourth-order valence-corrected chi connectivity index (χ4v) is 2.41. The summed E-state index contributed by atoms with van der Waals surface area (Å²) in [7, 11) is -1.24. The summed E-state index contributed by atoms with van der Waals surface area (Å²) in [5, 5.41) is 0. The molecule has 2 N–H and O–H groups in total. The van der Waals surface area contributed by atoms with E-state index < -0.39 is 9.84 Å². The standard InChI is InChI=1S/C13H21FN2O2S/c1-9-7-13(11(10(2)15)8-12(9)14)16(3)5-6-19(4,17)18/h7-8,10H,5-6,15H2,1-4H3/t10-/m1/s1. The highest BCUT2D eigenvalue weighted by atomic mass is 32.2. The summed E-state index contributed by atoms with van der Waals surface area (Å²) < 4.78 is 36.0. The Kier molecular flexibility index (Phi) is 4.92. The van der Waals surface area contributed by atoms with Gasteiger partial charge in [-0.25, -0.2) is 12.8 Å². The van der Waals surface area contributed by atoms with Gasteiger partial charge in [-0.2, -0.15) is 0 Å². The molecule has 6 heteroatoms. The maximum atomic E-state index is 13.6. The zero-order valence-electron chi connectivity index (χ0n) is 11.8. The normalized spacial score (nSPS) is 13.4. The Morgan fingerprint density at radius 1 is 1.42 bits per heavy atom. The van der Waals surface area contributed by atoms with Gasteiger partial charge in [-0.1, -0.05) is 0 Å². The third-order valence-electron chi connectivity index (χ3n) is 3.01. The van der Waals surface area contributed by atoms with Crippen molar-refractivity contribution in [2.45, 2.75) is 19.9 Å². The van der Waals surface area contributed by atoms with Crippen LogP contribution < -0.4 is 10.6 Å². The van der Waals surface area contributed by atoms with E-state index in [-0.39, 0.29) is 17.6 Å². The van der Waals surface area contributed by atoms with Crippen LogP contribution in [0.5, 0.6) is 0 Å². The summed E-state index contributed by atoms with van der Waals surface area (Å²) in [5.41, 5.74) is 7.82. The van der Waals surface area contributed by atoms with Gasteiger partial charge in [-0.3, -0.25) is 0 Å². The van der Waals surface area contributed by atoms with Crippen LogP contribution in [0.25, 0.3) is 0 Å². The Balaban J connectivity index is 3.07. The third-order valence-corrected chi connectivity index (χ3v) is 3.93. The largest absolute Gasteiger partial charge is 0.373 e. The van der Waals surface area contributed by atoms with Gasteiger partial charge in [-0.15, -0.1) is 0 Å². The van der Waals surface area contributed by atoms with Crippen molar-refractivity contribution in [1.29, 1.82) is 0 Å². The molecular weight excluding hydrogens is 267 g/mol. The number of rotatable bonds is 5. The Morgan fingerprint density at radius 3 is 2.47 bits per heavy atom. The molecule has 1 aromatic rings. The van der Waals surface area contributed by atoms with E-state index in [2.05, 4.69) is 0 Å². The topological polar surface area (TPSA) is 63.4 Å². The van der Waals surface area contributed by atoms with Crippen LogP contribution in [0, 0.1) is 12.7 Å². The van der Waals surface area contributed by atoms with Crippen LogP contribution in [0.3, 0.4) is 0 Å². The molecule has 19 heavy (non-hydrogen) atoms. The van der Waals surface area contributed by atoms with Crippen LogP contribution >= 0.6 is 0 Å². The monoisotopic (exact) mass is 288 g/mol.